The highest BCUT2D eigenvalue weighted by molar-refractivity contribution is 7.87. The molecule has 0 aromatic heterocycles. The number of aliphatic hydroxyl groups is 1. The summed E-state index contributed by atoms with van der Waals surface area (Å²) in [5.74, 6) is 0. The molecular formula is C13H26N2O3S. The lowest BCUT2D eigenvalue weighted by atomic mass is 9.83. The van der Waals surface area contributed by atoms with E-state index in [4.69, 9.17) is 0 Å². The first kappa shape index (κ1) is 15.2. The summed E-state index contributed by atoms with van der Waals surface area (Å²) < 4.78 is 29.3. The molecular weight excluding hydrogens is 264 g/mol. The molecule has 6 heteroatoms. The minimum Gasteiger partial charge on any atom is -0.394 e. The molecule has 2 aliphatic rings. The topological polar surface area (TPSA) is 69.6 Å². The third kappa shape index (κ3) is 3.90. The molecule has 0 atom stereocenters. The molecule has 0 unspecified atom stereocenters. The smallest absolute Gasteiger partial charge is 0.280 e. The molecule has 1 saturated heterocycles. The zero-order valence-electron chi connectivity index (χ0n) is 11.6. The summed E-state index contributed by atoms with van der Waals surface area (Å²) in [7, 11) is -3.45. The Morgan fingerprint density at radius 3 is 2.00 bits per heavy atom. The van der Waals surface area contributed by atoms with E-state index in [9.17, 15) is 13.5 Å². The molecule has 112 valence electrons. The molecule has 0 aromatic rings. The third-order valence-corrected chi connectivity index (χ3v) is 6.10. The number of hydrogen-bond acceptors (Lipinski definition) is 3. The largest absolute Gasteiger partial charge is 0.394 e. The fourth-order valence-electron chi connectivity index (χ4n) is 3.14. The van der Waals surface area contributed by atoms with E-state index in [1.807, 2.05) is 0 Å². The Kier molecular flexibility index (Phi) is 5.22. The quantitative estimate of drug-likeness (QED) is 0.822. The first-order valence-corrected chi connectivity index (χ1v) is 8.92. The van der Waals surface area contributed by atoms with Crippen molar-refractivity contribution in [3.8, 4) is 0 Å². The van der Waals surface area contributed by atoms with Crippen LogP contribution in [0.3, 0.4) is 0 Å². The lowest BCUT2D eigenvalue weighted by Crippen LogP contribution is -2.56. The maximum atomic E-state index is 12.5. The van der Waals surface area contributed by atoms with Gasteiger partial charge in [0.15, 0.2) is 0 Å². The van der Waals surface area contributed by atoms with Crippen molar-refractivity contribution in [2.45, 2.75) is 63.3 Å². The Labute approximate surface area is 116 Å². The highest BCUT2D eigenvalue weighted by Gasteiger charge is 2.37. The average Bonchev–Trinajstić information content (AvgIpc) is 2.69. The maximum absolute atomic E-state index is 12.5. The number of aliphatic hydroxyl groups excluding tert-OH is 1. The van der Waals surface area contributed by atoms with Crippen LogP contribution in [-0.2, 0) is 10.2 Å². The molecule has 19 heavy (non-hydrogen) atoms. The van der Waals surface area contributed by atoms with E-state index < -0.39 is 15.7 Å². The molecule has 0 radical (unpaired) electrons. The van der Waals surface area contributed by atoms with Crippen molar-refractivity contribution in [2.75, 3.05) is 19.7 Å². The van der Waals surface area contributed by atoms with Crippen molar-refractivity contribution < 1.29 is 13.5 Å². The Morgan fingerprint density at radius 2 is 1.47 bits per heavy atom. The molecule has 1 heterocycles. The molecule has 0 aromatic carbocycles. The van der Waals surface area contributed by atoms with Gasteiger partial charge in [0.25, 0.3) is 10.2 Å². The van der Waals surface area contributed by atoms with Crippen molar-refractivity contribution in [3.63, 3.8) is 0 Å². The summed E-state index contributed by atoms with van der Waals surface area (Å²) in [6.07, 6.45) is 8.70. The first-order chi connectivity index (χ1) is 9.08. The number of rotatable bonds is 4. The second kappa shape index (κ2) is 6.52. The van der Waals surface area contributed by atoms with Crippen LogP contribution in [0.15, 0.2) is 0 Å². The van der Waals surface area contributed by atoms with E-state index >= 15 is 0 Å². The molecule has 1 aliphatic heterocycles. The van der Waals surface area contributed by atoms with Crippen molar-refractivity contribution in [2.24, 2.45) is 0 Å². The normalized spacial score (nSPS) is 25.9. The Morgan fingerprint density at radius 1 is 0.947 bits per heavy atom. The fraction of sp³-hybridized carbons (Fsp3) is 1.00. The van der Waals surface area contributed by atoms with Crippen molar-refractivity contribution >= 4 is 10.2 Å². The molecule has 0 spiro atoms. The summed E-state index contributed by atoms with van der Waals surface area (Å²) in [5, 5.41) is 9.61. The van der Waals surface area contributed by atoms with Gasteiger partial charge in [-0.3, -0.25) is 0 Å². The first-order valence-electron chi connectivity index (χ1n) is 7.48. The van der Waals surface area contributed by atoms with Crippen LogP contribution in [0.4, 0.5) is 0 Å². The van der Waals surface area contributed by atoms with E-state index in [0.29, 0.717) is 13.1 Å². The maximum Gasteiger partial charge on any atom is 0.280 e. The van der Waals surface area contributed by atoms with Gasteiger partial charge >= 0.3 is 0 Å². The highest BCUT2D eigenvalue weighted by atomic mass is 32.2. The molecule has 0 bridgehead atoms. The minimum atomic E-state index is -3.45. The van der Waals surface area contributed by atoms with E-state index in [0.717, 1.165) is 57.8 Å². The molecule has 0 amide bonds. The standard InChI is InChI=1S/C13H26N2O3S/c16-12-13(8-4-3-5-9-13)14-19(17,18)15-10-6-1-2-7-11-15/h14,16H,1-12H2. The van der Waals surface area contributed by atoms with Crippen molar-refractivity contribution in [1.29, 1.82) is 0 Å². The number of nitrogens with one attached hydrogen (secondary N) is 1. The van der Waals surface area contributed by atoms with Crippen molar-refractivity contribution in [3.05, 3.63) is 0 Å². The minimum absolute atomic E-state index is 0.0972. The number of hydrogen-bond donors (Lipinski definition) is 2. The lowest BCUT2D eigenvalue weighted by molar-refractivity contribution is 0.139. The SMILES string of the molecule is O=S(=O)(NC1(CO)CCCCC1)N1CCCCCC1. The average molecular weight is 290 g/mol. The van der Waals surface area contributed by atoms with Crippen LogP contribution < -0.4 is 4.72 Å². The van der Waals surface area contributed by atoms with E-state index in [1.54, 1.807) is 4.31 Å². The predicted molar refractivity (Wildman–Crippen MR) is 75.0 cm³/mol. The van der Waals surface area contributed by atoms with Crippen LogP contribution in [0, 0.1) is 0 Å². The van der Waals surface area contributed by atoms with Gasteiger partial charge in [-0.25, -0.2) is 0 Å². The zero-order valence-corrected chi connectivity index (χ0v) is 12.4. The van der Waals surface area contributed by atoms with E-state index in [1.165, 1.54) is 0 Å². The predicted octanol–water partition coefficient (Wildman–Crippen LogP) is 1.39. The molecule has 2 N–H and O–H groups in total. The summed E-state index contributed by atoms with van der Waals surface area (Å²) >= 11 is 0. The lowest BCUT2D eigenvalue weighted by Gasteiger charge is -2.37. The van der Waals surface area contributed by atoms with Gasteiger partial charge < -0.3 is 5.11 Å². The van der Waals surface area contributed by atoms with E-state index in [2.05, 4.69) is 4.72 Å². The molecule has 5 nitrogen and oxygen atoms in total. The second-order valence-electron chi connectivity index (χ2n) is 5.92. The van der Waals surface area contributed by atoms with Gasteiger partial charge in [0, 0.05) is 13.1 Å². The summed E-state index contributed by atoms with van der Waals surface area (Å²) in [5.41, 5.74) is -0.622. The van der Waals surface area contributed by atoms with Crippen LogP contribution in [0.1, 0.15) is 57.8 Å². The third-order valence-electron chi connectivity index (χ3n) is 4.36. The monoisotopic (exact) mass is 290 g/mol. The van der Waals surface area contributed by atoms with Crippen molar-refractivity contribution in [1.82, 2.24) is 9.03 Å². The van der Waals surface area contributed by atoms with Crippen LogP contribution in [0.5, 0.6) is 0 Å². The fourth-order valence-corrected chi connectivity index (χ4v) is 4.83. The number of nitrogens with zero attached hydrogens (tertiary/aromatic N) is 1. The molecule has 1 saturated carbocycles. The highest BCUT2D eigenvalue weighted by Crippen LogP contribution is 2.29. The Hall–Kier alpha value is -0.170. The van der Waals surface area contributed by atoms with Gasteiger partial charge in [0.2, 0.25) is 0 Å². The van der Waals surface area contributed by atoms with Crippen LogP contribution in [-0.4, -0.2) is 43.1 Å². The van der Waals surface area contributed by atoms with Gasteiger partial charge in [-0.15, -0.1) is 0 Å². The summed E-state index contributed by atoms with van der Waals surface area (Å²) in [4.78, 5) is 0. The van der Waals surface area contributed by atoms with Gasteiger partial charge in [0.1, 0.15) is 0 Å². The second-order valence-corrected chi connectivity index (χ2v) is 7.59. The van der Waals surface area contributed by atoms with Crippen LogP contribution >= 0.6 is 0 Å². The Bertz CT molecular complexity index is 369. The summed E-state index contributed by atoms with van der Waals surface area (Å²) in [6, 6.07) is 0. The molecule has 1 aliphatic carbocycles. The molecule has 2 rings (SSSR count). The van der Waals surface area contributed by atoms with Gasteiger partial charge in [0.05, 0.1) is 12.1 Å². The van der Waals surface area contributed by atoms with Crippen LogP contribution in [0.25, 0.3) is 0 Å². The van der Waals surface area contributed by atoms with Crippen LogP contribution in [0.2, 0.25) is 0 Å². The van der Waals surface area contributed by atoms with Gasteiger partial charge in [-0.05, 0) is 25.7 Å². The van der Waals surface area contributed by atoms with Gasteiger partial charge in [-0.1, -0.05) is 32.1 Å². The van der Waals surface area contributed by atoms with Gasteiger partial charge in [-0.2, -0.15) is 17.4 Å². The zero-order chi connectivity index (χ0) is 13.8. The Balaban J connectivity index is 2.05. The summed E-state index contributed by atoms with van der Waals surface area (Å²) in [6.45, 7) is 1.12. The molecule has 2 fully saturated rings. The van der Waals surface area contributed by atoms with E-state index in [-0.39, 0.29) is 6.61 Å².